The van der Waals surface area contributed by atoms with Crippen LogP contribution in [0.4, 0.5) is 4.79 Å². The first-order chi connectivity index (χ1) is 6.22. The second-order valence-electron chi connectivity index (χ2n) is 4.05. The molecule has 0 spiro atoms. The van der Waals surface area contributed by atoms with Crippen molar-refractivity contribution >= 4 is 6.09 Å². The topological polar surface area (TPSA) is 55.6 Å². The van der Waals surface area contributed by atoms with Crippen molar-refractivity contribution in [1.82, 2.24) is 4.90 Å². The second-order valence-corrected chi connectivity index (χ2v) is 4.05. The molecular weight excluding hydrogens is 168 g/mol. The Balaban J connectivity index is 1.74. The van der Waals surface area contributed by atoms with Gasteiger partial charge in [0.25, 0.3) is 0 Å². The summed E-state index contributed by atoms with van der Waals surface area (Å²) in [6.07, 6.45) is 2.32. The summed E-state index contributed by atoms with van der Waals surface area (Å²) in [5.74, 6) is 1.23. The van der Waals surface area contributed by atoms with E-state index in [9.17, 15) is 4.79 Å². The van der Waals surface area contributed by atoms with Crippen molar-refractivity contribution in [2.24, 2.45) is 17.6 Å². The first kappa shape index (κ1) is 8.81. The van der Waals surface area contributed by atoms with Crippen molar-refractivity contribution in [3.63, 3.8) is 0 Å². The number of nitrogens with zero attached hydrogens (tertiary/aromatic N) is 1. The van der Waals surface area contributed by atoms with Crippen LogP contribution in [0.3, 0.4) is 0 Å². The largest absolute Gasteiger partial charge is 0.453 e. The zero-order valence-corrected chi connectivity index (χ0v) is 7.90. The molecule has 1 amide bonds. The average Bonchev–Trinajstić information content (AvgIpc) is 2.83. The number of likely N-dealkylation sites (tertiary alicyclic amines) is 1. The number of hydrogen-bond acceptors (Lipinski definition) is 3. The fourth-order valence-electron chi connectivity index (χ4n) is 1.90. The fraction of sp³-hybridized carbons (Fsp3) is 0.889. The summed E-state index contributed by atoms with van der Waals surface area (Å²) in [6.45, 7) is 1.56. The van der Waals surface area contributed by atoms with Crippen molar-refractivity contribution < 1.29 is 9.53 Å². The molecule has 0 radical (unpaired) electrons. The Labute approximate surface area is 78.0 Å². The molecular formula is C9H16N2O2. The molecule has 1 aliphatic heterocycles. The van der Waals surface area contributed by atoms with E-state index in [0.717, 1.165) is 19.0 Å². The average molecular weight is 184 g/mol. The molecule has 1 saturated heterocycles. The maximum absolute atomic E-state index is 11.0. The maximum atomic E-state index is 11.0. The van der Waals surface area contributed by atoms with E-state index in [1.165, 1.54) is 20.0 Å². The predicted octanol–water partition coefficient (Wildman–Crippen LogP) is 0.422. The molecule has 13 heavy (non-hydrogen) atoms. The van der Waals surface area contributed by atoms with Crippen LogP contribution in [0, 0.1) is 11.8 Å². The number of carbonyl (C=O) groups excluding carboxylic acids is 1. The Bertz CT molecular complexity index is 210. The number of nitrogens with two attached hydrogens (primary N) is 1. The maximum Gasteiger partial charge on any atom is 0.409 e. The molecule has 1 atom stereocenters. The summed E-state index contributed by atoms with van der Waals surface area (Å²) in [5, 5.41) is 0. The minimum absolute atomic E-state index is 0.223. The highest BCUT2D eigenvalue weighted by atomic mass is 16.5. The first-order valence-electron chi connectivity index (χ1n) is 4.81. The number of rotatable bonds is 2. The lowest BCUT2D eigenvalue weighted by molar-refractivity contribution is 0.0556. The molecule has 4 nitrogen and oxygen atoms in total. The number of carbonyl (C=O) groups is 1. The Hall–Kier alpha value is -0.770. The Morgan fingerprint density at radius 1 is 1.46 bits per heavy atom. The van der Waals surface area contributed by atoms with E-state index in [1.807, 2.05) is 0 Å². The van der Waals surface area contributed by atoms with Crippen LogP contribution in [0.1, 0.15) is 12.8 Å². The zero-order valence-electron chi connectivity index (χ0n) is 7.90. The number of hydrogen-bond donors (Lipinski definition) is 1. The van der Waals surface area contributed by atoms with E-state index < -0.39 is 0 Å². The zero-order chi connectivity index (χ0) is 9.42. The molecule has 0 aromatic heterocycles. The van der Waals surface area contributed by atoms with Crippen LogP contribution in [0.2, 0.25) is 0 Å². The van der Waals surface area contributed by atoms with E-state index in [4.69, 9.17) is 5.73 Å². The molecule has 0 bridgehead atoms. The minimum Gasteiger partial charge on any atom is -0.453 e. The Kier molecular flexibility index (Phi) is 2.15. The monoisotopic (exact) mass is 184 g/mol. The summed E-state index contributed by atoms with van der Waals surface area (Å²) < 4.78 is 4.60. The molecule has 4 heteroatoms. The molecule has 0 aromatic rings. The summed E-state index contributed by atoms with van der Waals surface area (Å²) in [7, 11) is 1.41. The van der Waals surface area contributed by atoms with Crippen LogP contribution >= 0.6 is 0 Å². The number of ether oxygens (including phenoxy) is 1. The van der Waals surface area contributed by atoms with Crippen molar-refractivity contribution in [3.05, 3.63) is 0 Å². The predicted molar refractivity (Wildman–Crippen MR) is 48.2 cm³/mol. The van der Waals surface area contributed by atoms with Crippen molar-refractivity contribution in [3.8, 4) is 0 Å². The molecule has 2 aliphatic rings. The standard InChI is InChI=1S/C9H16N2O2/c1-13-9(12)11-4-7(5-11)8(10)6-2-3-6/h6-8H,2-5,10H2,1H3. The van der Waals surface area contributed by atoms with Gasteiger partial charge in [0.2, 0.25) is 0 Å². The van der Waals surface area contributed by atoms with Crippen LogP contribution < -0.4 is 5.73 Å². The van der Waals surface area contributed by atoms with Crippen LogP contribution in [0.15, 0.2) is 0 Å². The molecule has 0 aromatic carbocycles. The van der Waals surface area contributed by atoms with E-state index >= 15 is 0 Å². The van der Waals surface area contributed by atoms with Gasteiger partial charge in [0.05, 0.1) is 7.11 Å². The highest BCUT2D eigenvalue weighted by molar-refractivity contribution is 5.68. The van der Waals surface area contributed by atoms with Gasteiger partial charge in [0.1, 0.15) is 0 Å². The third kappa shape index (κ3) is 1.63. The third-order valence-electron chi connectivity index (χ3n) is 3.05. The van der Waals surface area contributed by atoms with E-state index in [1.54, 1.807) is 4.90 Å². The van der Waals surface area contributed by atoms with Gasteiger partial charge >= 0.3 is 6.09 Å². The highest BCUT2D eigenvalue weighted by Crippen LogP contribution is 2.37. The molecule has 74 valence electrons. The lowest BCUT2D eigenvalue weighted by Crippen LogP contribution is -2.57. The quantitative estimate of drug-likeness (QED) is 0.676. The third-order valence-corrected chi connectivity index (χ3v) is 3.05. The lowest BCUT2D eigenvalue weighted by atomic mass is 9.89. The SMILES string of the molecule is COC(=O)N1CC(C(N)C2CC2)C1. The number of methoxy groups -OCH3 is 1. The van der Waals surface area contributed by atoms with Gasteiger partial charge in [-0.3, -0.25) is 0 Å². The van der Waals surface area contributed by atoms with Gasteiger partial charge in [0.15, 0.2) is 0 Å². The van der Waals surface area contributed by atoms with Gasteiger partial charge in [-0.25, -0.2) is 4.79 Å². The van der Waals surface area contributed by atoms with Gasteiger partial charge in [-0.1, -0.05) is 0 Å². The van der Waals surface area contributed by atoms with Crippen molar-refractivity contribution in [2.75, 3.05) is 20.2 Å². The summed E-state index contributed by atoms with van der Waals surface area (Å²) in [5.41, 5.74) is 6.01. The summed E-state index contributed by atoms with van der Waals surface area (Å²) in [4.78, 5) is 12.7. The highest BCUT2D eigenvalue weighted by Gasteiger charge is 2.41. The Morgan fingerprint density at radius 2 is 2.08 bits per heavy atom. The minimum atomic E-state index is -0.223. The lowest BCUT2D eigenvalue weighted by Gasteiger charge is -2.41. The smallest absolute Gasteiger partial charge is 0.409 e. The van der Waals surface area contributed by atoms with Gasteiger partial charge in [0, 0.05) is 25.0 Å². The van der Waals surface area contributed by atoms with E-state index in [0.29, 0.717) is 12.0 Å². The first-order valence-corrected chi connectivity index (χ1v) is 4.81. The normalized spacial score (nSPS) is 25.2. The molecule has 1 saturated carbocycles. The number of amides is 1. The van der Waals surface area contributed by atoms with Crippen LogP contribution in [0.5, 0.6) is 0 Å². The van der Waals surface area contributed by atoms with Crippen LogP contribution in [-0.4, -0.2) is 37.2 Å². The van der Waals surface area contributed by atoms with E-state index in [2.05, 4.69) is 4.74 Å². The van der Waals surface area contributed by atoms with E-state index in [-0.39, 0.29) is 6.09 Å². The van der Waals surface area contributed by atoms with Gasteiger partial charge in [-0.05, 0) is 18.8 Å². The summed E-state index contributed by atoms with van der Waals surface area (Å²) in [6, 6.07) is 0.306. The molecule has 2 N–H and O–H groups in total. The Morgan fingerprint density at radius 3 is 2.54 bits per heavy atom. The fourth-order valence-corrected chi connectivity index (χ4v) is 1.90. The molecule has 1 unspecified atom stereocenters. The summed E-state index contributed by atoms with van der Waals surface area (Å²) >= 11 is 0. The molecule has 2 fully saturated rings. The molecule has 2 rings (SSSR count). The van der Waals surface area contributed by atoms with Gasteiger partial charge in [-0.15, -0.1) is 0 Å². The van der Waals surface area contributed by atoms with Gasteiger partial charge < -0.3 is 15.4 Å². The molecule has 1 heterocycles. The van der Waals surface area contributed by atoms with Crippen molar-refractivity contribution in [1.29, 1.82) is 0 Å². The molecule has 1 aliphatic carbocycles. The van der Waals surface area contributed by atoms with Crippen LogP contribution in [-0.2, 0) is 4.74 Å². The van der Waals surface area contributed by atoms with Crippen LogP contribution in [0.25, 0.3) is 0 Å². The second kappa shape index (κ2) is 3.18. The van der Waals surface area contributed by atoms with Gasteiger partial charge in [-0.2, -0.15) is 0 Å². The van der Waals surface area contributed by atoms with Crippen molar-refractivity contribution in [2.45, 2.75) is 18.9 Å².